The highest BCUT2D eigenvalue weighted by molar-refractivity contribution is 5.72. The number of nitrogens with one attached hydrogen (secondary N) is 1. The third-order valence-corrected chi connectivity index (χ3v) is 3.13. The summed E-state index contributed by atoms with van der Waals surface area (Å²) < 4.78 is 13.1. The Balaban J connectivity index is 1.91. The fourth-order valence-electron chi connectivity index (χ4n) is 2.08. The van der Waals surface area contributed by atoms with E-state index in [1.165, 1.54) is 12.1 Å². The van der Waals surface area contributed by atoms with Gasteiger partial charge in [0.15, 0.2) is 11.6 Å². The smallest absolute Gasteiger partial charge is 0.314 e. The second-order valence-electron chi connectivity index (χ2n) is 4.41. The normalized spacial score (nSPS) is 16.6. The largest absolute Gasteiger partial charge is 0.505 e. The summed E-state index contributed by atoms with van der Waals surface area (Å²) >= 11 is 0. The number of nitrogens with zero attached hydrogens (tertiary/aromatic N) is 1. The van der Waals surface area contributed by atoms with Crippen LogP contribution in [0.4, 0.5) is 14.9 Å². The van der Waals surface area contributed by atoms with Gasteiger partial charge < -0.3 is 21.1 Å². The monoisotopic (exact) mass is 253 g/mol. The van der Waals surface area contributed by atoms with Crippen LogP contribution in [0.2, 0.25) is 0 Å². The molecule has 1 aliphatic rings. The molecule has 6 heteroatoms. The molecule has 0 radical (unpaired) electrons. The van der Waals surface area contributed by atoms with E-state index in [0.717, 1.165) is 12.8 Å². The Morgan fingerprint density at radius 3 is 2.67 bits per heavy atom. The van der Waals surface area contributed by atoms with Gasteiger partial charge in [0.1, 0.15) is 0 Å². The minimum atomic E-state index is -0.644. The lowest BCUT2D eigenvalue weighted by Gasteiger charge is -2.31. The molecular formula is C12H16FN3O2. The molecule has 1 aromatic rings. The quantitative estimate of drug-likeness (QED) is 0.699. The standard InChI is InChI=1S/C12H16FN3O2/c13-10-7-9(1-2-11(10)17)15-8-3-5-16(6-4-8)12(14)18/h1-2,7-8,15,17H,3-6H2,(H2,14,18). The summed E-state index contributed by atoms with van der Waals surface area (Å²) in [6.07, 6.45) is 1.54. The summed E-state index contributed by atoms with van der Waals surface area (Å²) in [4.78, 5) is 12.5. The van der Waals surface area contributed by atoms with Crippen LogP contribution < -0.4 is 11.1 Å². The molecule has 0 saturated carbocycles. The van der Waals surface area contributed by atoms with E-state index < -0.39 is 11.8 Å². The van der Waals surface area contributed by atoms with E-state index in [1.54, 1.807) is 11.0 Å². The molecule has 5 nitrogen and oxygen atoms in total. The van der Waals surface area contributed by atoms with Crippen molar-refractivity contribution in [3.63, 3.8) is 0 Å². The average Bonchev–Trinajstić information content (AvgIpc) is 2.34. The lowest BCUT2D eigenvalue weighted by Crippen LogP contribution is -2.44. The molecule has 0 aromatic heterocycles. The fraction of sp³-hybridized carbons (Fsp3) is 0.417. The van der Waals surface area contributed by atoms with Gasteiger partial charge in [-0.25, -0.2) is 9.18 Å². The molecule has 0 unspecified atom stereocenters. The van der Waals surface area contributed by atoms with Gasteiger partial charge in [-0.15, -0.1) is 0 Å². The number of primary amides is 1. The average molecular weight is 253 g/mol. The Morgan fingerprint density at radius 1 is 1.44 bits per heavy atom. The number of hydrogen-bond acceptors (Lipinski definition) is 3. The number of benzene rings is 1. The maximum atomic E-state index is 13.1. The van der Waals surface area contributed by atoms with Crippen LogP contribution in [0.1, 0.15) is 12.8 Å². The van der Waals surface area contributed by atoms with Gasteiger partial charge in [-0.05, 0) is 25.0 Å². The molecule has 0 aliphatic carbocycles. The third kappa shape index (κ3) is 2.82. The highest BCUT2D eigenvalue weighted by atomic mass is 19.1. The summed E-state index contributed by atoms with van der Waals surface area (Å²) in [6.45, 7) is 1.21. The number of urea groups is 1. The van der Waals surface area contributed by atoms with Gasteiger partial charge in [-0.1, -0.05) is 0 Å². The Bertz CT molecular complexity index is 445. The summed E-state index contributed by atoms with van der Waals surface area (Å²) in [5.41, 5.74) is 5.82. The van der Waals surface area contributed by atoms with Gasteiger partial charge in [-0.3, -0.25) is 0 Å². The van der Waals surface area contributed by atoms with Crippen LogP contribution in [-0.4, -0.2) is 35.2 Å². The molecule has 1 aromatic carbocycles. The first-order valence-electron chi connectivity index (χ1n) is 5.85. The predicted octanol–water partition coefficient (Wildman–Crippen LogP) is 1.49. The zero-order valence-corrected chi connectivity index (χ0v) is 9.90. The number of piperidine rings is 1. The van der Waals surface area contributed by atoms with E-state index in [-0.39, 0.29) is 11.8 Å². The van der Waals surface area contributed by atoms with Crippen molar-refractivity contribution in [2.24, 2.45) is 5.73 Å². The fourth-order valence-corrected chi connectivity index (χ4v) is 2.08. The van der Waals surface area contributed by atoms with Crippen LogP contribution in [0, 0.1) is 5.82 Å². The second-order valence-corrected chi connectivity index (χ2v) is 4.41. The number of amides is 2. The van der Waals surface area contributed by atoms with E-state index >= 15 is 0 Å². The van der Waals surface area contributed by atoms with Gasteiger partial charge in [-0.2, -0.15) is 0 Å². The lowest BCUT2D eigenvalue weighted by molar-refractivity contribution is 0.193. The van der Waals surface area contributed by atoms with Gasteiger partial charge in [0.05, 0.1) is 0 Å². The summed E-state index contributed by atoms with van der Waals surface area (Å²) in [6, 6.07) is 3.99. The highest BCUT2D eigenvalue weighted by Crippen LogP contribution is 2.22. The number of aromatic hydroxyl groups is 1. The zero-order valence-electron chi connectivity index (χ0n) is 9.90. The van der Waals surface area contributed by atoms with Crippen LogP contribution in [0.5, 0.6) is 5.75 Å². The minimum Gasteiger partial charge on any atom is -0.505 e. The number of rotatable bonds is 2. The number of nitrogens with two attached hydrogens (primary N) is 1. The van der Waals surface area contributed by atoms with Gasteiger partial charge in [0.2, 0.25) is 0 Å². The Labute approximate surface area is 104 Å². The number of carbonyl (C=O) groups excluding carboxylic acids is 1. The number of phenolic OH excluding ortho intramolecular Hbond substituents is 1. The van der Waals surface area contributed by atoms with Crippen molar-refractivity contribution in [3.8, 4) is 5.75 Å². The Morgan fingerprint density at radius 2 is 2.11 bits per heavy atom. The molecule has 0 spiro atoms. The molecule has 2 amide bonds. The topological polar surface area (TPSA) is 78.6 Å². The van der Waals surface area contributed by atoms with Crippen molar-refractivity contribution in [1.82, 2.24) is 4.90 Å². The van der Waals surface area contributed by atoms with Gasteiger partial charge in [0.25, 0.3) is 0 Å². The Hall–Kier alpha value is -1.98. The van der Waals surface area contributed by atoms with E-state index in [1.807, 2.05) is 0 Å². The summed E-state index contributed by atoms with van der Waals surface area (Å²) in [5, 5.41) is 12.3. The lowest BCUT2D eigenvalue weighted by atomic mass is 10.0. The first-order valence-corrected chi connectivity index (χ1v) is 5.85. The second kappa shape index (κ2) is 5.12. The third-order valence-electron chi connectivity index (χ3n) is 3.13. The van der Waals surface area contributed by atoms with Crippen LogP contribution >= 0.6 is 0 Å². The molecule has 1 heterocycles. The molecular weight excluding hydrogens is 237 g/mol. The van der Waals surface area contributed by atoms with E-state index in [0.29, 0.717) is 18.8 Å². The molecule has 0 atom stereocenters. The van der Waals surface area contributed by atoms with Crippen LogP contribution in [0.3, 0.4) is 0 Å². The first-order chi connectivity index (χ1) is 8.56. The maximum absolute atomic E-state index is 13.1. The molecule has 1 aliphatic heterocycles. The number of carbonyl (C=O) groups is 1. The maximum Gasteiger partial charge on any atom is 0.314 e. The highest BCUT2D eigenvalue weighted by Gasteiger charge is 2.21. The molecule has 0 bridgehead atoms. The number of hydrogen-bond donors (Lipinski definition) is 3. The number of anilines is 1. The first kappa shape index (κ1) is 12.5. The Kier molecular flexibility index (Phi) is 3.55. The SMILES string of the molecule is NC(=O)N1CCC(Nc2ccc(O)c(F)c2)CC1. The summed E-state index contributed by atoms with van der Waals surface area (Å²) in [7, 11) is 0. The van der Waals surface area contributed by atoms with Crippen molar-refractivity contribution < 1.29 is 14.3 Å². The van der Waals surface area contributed by atoms with Crippen LogP contribution in [0.25, 0.3) is 0 Å². The van der Waals surface area contributed by atoms with Crippen molar-refractivity contribution >= 4 is 11.7 Å². The molecule has 1 saturated heterocycles. The molecule has 2 rings (SSSR count). The molecule has 98 valence electrons. The van der Waals surface area contributed by atoms with Crippen molar-refractivity contribution in [2.75, 3.05) is 18.4 Å². The van der Waals surface area contributed by atoms with E-state index in [4.69, 9.17) is 10.8 Å². The van der Waals surface area contributed by atoms with Crippen LogP contribution in [0.15, 0.2) is 18.2 Å². The summed E-state index contributed by atoms with van der Waals surface area (Å²) in [5.74, 6) is -1.00. The van der Waals surface area contributed by atoms with Crippen molar-refractivity contribution in [3.05, 3.63) is 24.0 Å². The van der Waals surface area contributed by atoms with Gasteiger partial charge >= 0.3 is 6.03 Å². The van der Waals surface area contributed by atoms with Crippen LogP contribution in [-0.2, 0) is 0 Å². The molecule has 18 heavy (non-hydrogen) atoms. The van der Waals surface area contributed by atoms with Crippen molar-refractivity contribution in [1.29, 1.82) is 0 Å². The molecule has 4 N–H and O–H groups in total. The van der Waals surface area contributed by atoms with E-state index in [2.05, 4.69) is 5.32 Å². The van der Waals surface area contributed by atoms with Gasteiger partial charge in [0, 0.05) is 30.9 Å². The van der Waals surface area contributed by atoms with Crippen molar-refractivity contribution in [2.45, 2.75) is 18.9 Å². The predicted molar refractivity (Wildman–Crippen MR) is 65.9 cm³/mol. The minimum absolute atomic E-state index is 0.185. The number of halogens is 1. The number of phenols is 1. The number of likely N-dealkylation sites (tertiary alicyclic amines) is 1. The van der Waals surface area contributed by atoms with E-state index in [9.17, 15) is 9.18 Å². The molecule has 1 fully saturated rings. The zero-order chi connectivity index (χ0) is 13.1.